The second-order valence-electron chi connectivity index (χ2n) is 7.89. The highest BCUT2D eigenvalue weighted by molar-refractivity contribution is 7.22. The van der Waals surface area contributed by atoms with Crippen LogP contribution in [0.4, 0.5) is 9.52 Å². The first-order valence-electron chi connectivity index (χ1n) is 10.5. The standard InChI is InChI=1S/C26H19FN2O4S/c1-14-7-12-19-20(13-14)34-26(28-19)29-22(17-5-3-4-6-18(17)27)21(24(31)25(29)32)23(30)15-8-10-16(33-2)11-9-15/h3-13,22,30H,1-2H3/b23-21+/t22-/m1/s1. The van der Waals surface area contributed by atoms with E-state index < -0.39 is 29.3 Å². The molecule has 170 valence electrons. The van der Waals surface area contributed by atoms with E-state index in [1.54, 1.807) is 30.3 Å². The summed E-state index contributed by atoms with van der Waals surface area (Å²) in [6.07, 6.45) is 0. The van der Waals surface area contributed by atoms with Crippen LogP contribution in [0, 0.1) is 12.7 Å². The van der Waals surface area contributed by atoms with Crippen molar-refractivity contribution in [1.82, 2.24) is 4.98 Å². The Morgan fingerprint density at radius 1 is 1.09 bits per heavy atom. The van der Waals surface area contributed by atoms with Gasteiger partial charge in [0.15, 0.2) is 5.13 Å². The van der Waals surface area contributed by atoms with Crippen LogP contribution in [0.15, 0.2) is 72.3 Å². The van der Waals surface area contributed by atoms with Gasteiger partial charge in [0, 0.05) is 11.1 Å². The van der Waals surface area contributed by atoms with Crippen LogP contribution in [0.25, 0.3) is 16.0 Å². The molecule has 1 aliphatic heterocycles. The largest absolute Gasteiger partial charge is 0.507 e. The summed E-state index contributed by atoms with van der Waals surface area (Å²) >= 11 is 1.23. The number of methoxy groups -OCH3 is 1. The number of hydrogen-bond acceptors (Lipinski definition) is 6. The topological polar surface area (TPSA) is 79.7 Å². The van der Waals surface area contributed by atoms with Gasteiger partial charge in [0.1, 0.15) is 23.4 Å². The third-order valence-electron chi connectivity index (χ3n) is 5.75. The van der Waals surface area contributed by atoms with E-state index in [0.29, 0.717) is 16.8 Å². The molecule has 1 saturated heterocycles. The molecule has 0 radical (unpaired) electrons. The minimum Gasteiger partial charge on any atom is -0.507 e. The zero-order valence-electron chi connectivity index (χ0n) is 18.3. The lowest BCUT2D eigenvalue weighted by Gasteiger charge is -2.23. The summed E-state index contributed by atoms with van der Waals surface area (Å²) in [4.78, 5) is 32.2. The maximum absolute atomic E-state index is 15.0. The number of halogens is 1. The first-order chi connectivity index (χ1) is 16.4. The Labute approximate surface area is 198 Å². The van der Waals surface area contributed by atoms with Crippen molar-refractivity contribution in [3.05, 3.63) is 94.8 Å². The number of Topliss-reactive ketones (excluding diaryl/α,β-unsaturated/α-hetero) is 1. The van der Waals surface area contributed by atoms with Crippen LogP contribution in [-0.4, -0.2) is 28.9 Å². The molecule has 4 aromatic rings. The number of ether oxygens (including phenoxy) is 1. The number of fused-ring (bicyclic) bond motifs is 1. The van der Waals surface area contributed by atoms with Crippen molar-refractivity contribution < 1.29 is 23.8 Å². The van der Waals surface area contributed by atoms with E-state index in [-0.39, 0.29) is 16.3 Å². The van der Waals surface area contributed by atoms with E-state index in [1.165, 1.54) is 41.5 Å². The molecule has 1 fully saturated rings. The number of aryl methyl sites for hydroxylation is 1. The molecule has 2 heterocycles. The molecule has 1 amide bonds. The van der Waals surface area contributed by atoms with Gasteiger partial charge < -0.3 is 9.84 Å². The number of aromatic nitrogens is 1. The van der Waals surface area contributed by atoms with E-state index in [9.17, 15) is 19.1 Å². The van der Waals surface area contributed by atoms with Crippen LogP contribution in [-0.2, 0) is 9.59 Å². The SMILES string of the molecule is COc1ccc(/C(O)=C2\C(=O)C(=O)N(c3nc4ccc(C)cc4s3)[C@@H]2c2ccccc2F)cc1. The Kier molecular flexibility index (Phi) is 5.37. The normalized spacial score (nSPS) is 17.5. The van der Waals surface area contributed by atoms with Crippen LogP contribution in [0.5, 0.6) is 5.75 Å². The lowest BCUT2D eigenvalue weighted by atomic mass is 9.95. The Hall–Kier alpha value is -4.04. The fraction of sp³-hybridized carbons (Fsp3) is 0.115. The van der Waals surface area contributed by atoms with Crippen molar-refractivity contribution in [2.75, 3.05) is 12.0 Å². The van der Waals surface area contributed by atoms with E-state index in [0.717, 1.165) is 10.3 Å². The third kappa shape index (κ3) is 3.52. The molecule has 34 heavy (non-hydrogen) atoms. The molecule has 0 spiro atoms. The molecule has 0 saturated carbocycles. The number of aliphatic hydroxyl groups excluding tert-OH is 1. The number of carbonyl (C=O) groups excluding carboxylic acids is 2. The quantitative estimate of drug-likeness (QED) is 0.244. The number of nitrogens with zero attached hydrogens (tertiary/aromatic N) is 2. The summed E-state index contributed by atoms with van der Waals surface area (Å²) in [6, 6.07) is 16.8. The zero-order valence-corrected chi connectivity index (χ0v) is 19.1. The lowest BCUT2D eigenvalue weighted by Crippen LogP contribution is -2.29. The molecular weight excluding hydrogens is 455 g/mol. The van der Waals surface area contributed by atoms with Crippen molar-refractivity contribution >= 4 is 44.1 Å². The Balaban J connectivity index is 1.73. The Bertz CT molecular complexity index is 1480. The molecule has 3 aromatic carbocycles. The van der Waals surface area contributed by atoms with Crippen molar-refractivity contribution in [2.45, 2.75) is 13.0 Å². The summed E-state index contributed by atoms with van der Waals surface area (Å²) in [5.41, 5.74) is 1.88. The average molecular weight is 475 g/mol. The van der Waals surface area contributed by atoms with Gasteiger partial charge in [-0.15, -0.1) is 0 Å². The van der Waals surface area contributed by atoms with Crippen molar-refractivity contribution in [2.24, 2.45) is 0 Å². The van der Waals surface area contributed by atoms with Gasteiger partial charge in [-0.25, -0.2) is 9.37 Å². The third-order valence-corrected chi connectivity index (χ3v) is 6.76. The van der Waals surface area contributed by atoms with E-state index >= 15 is 0 Å². The average Bonchev–Trinajstić information content (AvgIpc) is 3.36. The fourth-order valence-corrected chi connectivity index (χ4v) is 5.14. The van der Waals surface area contributed by atoms with Crippen LogP contribution in [0.2, 0.25) is 0 Å². The predicted molar refractivity (Wildman–Crippen MR) is 129 cm³/mol. The maximum Gasteiger partial charge on any atom is 0.301 e. The number of hydrogen-bond donors (Lipinski definition) is 1. The molecule has 0 aliphatic carbocycles. The monoisotopic (exact) mass is 474 g/mol. The van der Waals surface area contributed by atoms with Gasteiger partial charge >= 0.3 is 5.91 Å². The summed E-state index contributed by atoms with van der Waals surface area (Å²) in [5.74, 6) is -2.21. The molecule has 0 unspecified atom stereocenters. The van der Waals surface area contributed by atoms with Crippen LogP contribution < -0.4 is 9.64 Å². The van der Waals surface area contributed by atoms with Gasteiger partial charge in [0.2, 0.25) is 0 Å². The van der Waals surface area contributed by atoms with Crippen LogP contribution >= 0.6 is 11.3 Å². The number of thiazole rings is 1. The summed E-state index contributed by atoms with van der Waals surface area (Å²) in [5, 5.41) is 11.4. The number of rotatable bonds is 4. The van der Waals surface area contributed by atoms with Crippen molar-refractivity contribution in [3.8, 4) is 5.75 Å². The van der Waals surface area contributed by atoms with E-state index in [2.05, 4.69) is 4.98 Å². The number of amides is 1. The zero-order chi connectivity index (χ0) is 24.0. The van der Waals surface area contributed by atoms with Gasteiger partial charge in [-0.3, -0.25) is 14.5 Å². The highest BCUT2D eigenvalue weighted by atomic mass is 32.1. The minimum absolute atomic E-state index is 0.0900. The second-order valence-corrected chi connectivity index (χ2v) is 8.90. The minimum atomic E-state index is -1.18. The number of carbonyl (C=O) groups is 2. The van der Waals surface area contributed by atoms with Crippen molar-refractivity contribution in [1.29, 1.82) is 0 Å². The van der Waals surface area contributed by atoms with E-state index in [1.807, 2.05) is 25.1 Å². The highest BCUT2D eigenvalue weighted by Crippen LogP contribution is 2.45. The Morgan fingerprint density at radius 2 is 1.82 bits per heavy atom. The molecule has 1 atom stereocenters. The number of anilines is 1. The van der Waals surface area contributed by atoms with E-state index in [4.69, 9.17) is 4.74 Å². The molecule has 8 heteroatoms. The Morgan fingerprint density at radius 3 is 2.53 bits per heavy atom. The van der Waals surface area contributed by atoms with Gasteiger partial charge in [-0.05, 0) is 55.0 Å². The number of benzene rings is 3. The van der Waals surface area contributed by atoms with Gasteiger partial charge in [0.05, 0.1) is 22.9 Å². The highest BCUT2D eigenvalue weighted by Gasteiger charge is 2.49. The predicted octanol–water partition coefficient (Wildman–Crippen LogP) is 5.38. The summed E-state index contributed by atoms with van der Waals surface area (Å²) < 4.78 is 21.0. The lowest BCUT2D eigenvalue weighted by molar-refractivity contribution is -0.132. The molecular formula is C26H19FN2O4S. The summed E-state index contributed by atoms with van der Waals surface area (Å²) in [6.45, 7) is 1.94. The van der Waals surface area contributed by atoms with Gasteiger partial charge in [-0.1, -0.05) is 35.6 Å². The molecule has 0 bridgehead atoms. The molecule has 6 nitrogen and oxygen atoms in total. The van der Waals surface area contributed by atoms with Crippen molar-refractivity contribution in [3.63, 3.8) is 0 Å². The smallest absolute Gasteiger partial charge is 0.301 e. The molecule has 1 aromatic heterocycles. The van der Waals surface area contributed by atoms with Gasteiger partial charge in [-0.2, -0.15) is 0 Å². The molecule has 5 rings (SSSR count). The first kappa shape index (κ1) is 21.8. The number of ketones is 1. The fourth-order valence-electron chi connectivity index (χ4n) is 4.05. The second kappa shape index (κ2) is 8.39. The molecule has 1 N–H and O–H groups in total. The van der Waals surface area contributed by atoms with Crippen LogP contribution in [0.3, 0.4) is 0 Å². The molecule has 1 aliphatic rings. The van der Waals surface area contributed by atoms with Crippen LogP contribution in [0.1, 0.15) is 22.7 Å². The van der Waals surface area contributed by atoms with Gasteiger partial charge in [0.25, 0.3) is 5.78 Å². The summed E-state index contributed by atoms with van der Waals surface area (Å²) in [7, 11) is 1.51. The number of aliphatic hydroxyl groups is 1. The maximum atomic E-state index is 15.0. The first-order valence-corrected chi connectivity index (χ1v) is 11.3.